The maximum absolute atomic E-state index is 9.47. The Hall–Kier alpha value is -6.70. The largest absolute Gasteiger partial charge is 0.456 e. The fraction of sp³-hybridized carbons (Fsp3) is 0. The van der Waals surface area contributed by atoms with Gasteiger partial charge in [-0.1, -0.05) is 176 Å². The molecule has 1 heterocycles. The van der Waals surface area contributed by atoms with E-state index < -0.39 is 0 Å². The normalized spacial score (nSPS) is 12.6. The fourth-order valence-electron chi connectivity index (χ4n) is 7.58. The van der Waals surface area contributed by atoms with Crippen molar-refractivity contribution in [2.24, 2.45) is 0 Å². The molecule has 0 spiro atoms. The van der Waals surface area contributed by atoms with Gasteiger partial charge in [-0.3, -0.25) is 0 Å². The summed E-state index contributed by atoms with van der Waals surface area (Å²) in [4.78, 5) is 0. The predicted octanol–water partition coefficient (Wildman–Crippen LogP) is 14.2. The molecular weight excluding hydrogens is 617 g/mol. The van der Waals surface area contributed by atoms with Crippen LogP contribution in [-0.2, 0) is 0 Å². The molecule has 0 amide bonds. The Morgan fingerprint density at radius 1 is 0.314 bits per heavy atom. The Labute approximate surface area is 302 Å². The number of hydrogen-bond donors (Lipinski definition) is 0. The van der Waals surface area contributed by atoms with Crippen molar-refractivity contribution in [3.8, 4) is 55.6 Å². The molecule has 9 aromatic carbocycles. The fourth-order valence-corrected chi connectivity index (χ4v) is 7.58. The van der Waals surface area contributed by atoms with Gasteiger partial charge in [0.1, 0.15) is 11.2 Å². The lowest BCUT2D eigenvalue weighted by Gasteiger charge is -2.18. The van der Waals surface area contributed by atoms with Crippen molar-refractivity contribution in [3.05, 3.63) is 194 Å². The Morgan fingerprint density at radius 3 is 1.39 bits per heavy atom. The molecule has 0 aliphatic heterocycles. The highest BCUT2D eigenvalue weighted by molar-refractivity contribution is 6.25. The third-order valence-electron chi connectivity index (χ3n) is 9.96. The quantitative estimate of drug-likeness (QED) is 0.169. The lowest BCUT2D eigenvalue weighted by molar-refractivity contribution is 0.669. The number of furan rings is 1. The average Bonchev–Trinajstić information content (AvgIpc) is 3.62. The zero-order valence-electron chi connectivity index (χ0n) is 31.6. The highest BCUT2D eigenvalue weighted by Gasteiger charge is 2.20. The van der Waals surface area contributed by atoms with Crippen LogP contribution in [-0.4, -0.2) is 0 Å². The van der Waals surface area contributed by atoms with Gasteiger partial charge in [-0.2, -0.15) is 0 Å². The van der Waals surface area contributed by atoms with E-state index in [0.29, 0.717) is 11.1 Å². The summed E-state index contributed by atoms with van der Waals surface area (Å²) in [5.41, 5.74) is 9.89. The van der Waals surface area contributed by atoms with Gasteiger partial charge in [0.05, 0.1) is 5.48 Å². The highest BCUT2D eigenvalue weighted by atomic mass is 16.3. The smallest absolute Gasteiger partial charge is 0.136 e. The van der Waals surface area contributed by atoms with Crippen LogP contribution >= 0.6 is 0 Å². The van der Waals surface area contributed by atoms with Gasteiger partial charge in [-0.05, 0) is 95.4 Å². The maximum atomic E-state index is 9.47. The SMILES string of the molecule is [2H]c1c([2H])c(-c2c3ccccc3c(-c3cccc4oc5ccc(-c6ccccc6)cc5c34)c3ccccc23)c([2H])c([2H])c1-c1ccc(-c2ccccc2)cc1. The first-order valence-corrected chi connectivity index (χ1v) is 17.2. The minimum absolute atomic E-state index is 0.0652. The van der Waals surface area contributed by atoms with Gasteiger partial charge in [-0.25, -0.2) is 0 Å². The molecule has 0 saturated heterocycles. The minimum Gasteiger partial charge on any atom is -0.456 e. The molecule has 10 rings (SSSR count). The summed E-state index contributed by atoms with van der Waals surface area (Å²) >= 11 is 0. The second-order valence-electron chi connectivity index (χ2n) is 12.9. The Bertz CT molecular complexity index is 3030. The molecule has 0 bridgehead atoms. The number of rotatable bonds is 5. The van der Waals surface area contributed by atoms with Crippen molar-refractivity contribution in [2.45, 2.75) is 0 Å². The van der Waals surface area contributed by atoms with E-state index in [-0.39, 0.29) is 35.3 Å². The molecule has 51 heavy (non-hydrogen) atoms. The molecule has 0 atom stereocenters. The molecule has 1 heteroatoms. The Balaban J connectivity index is 1.21. The number of fused-ring (bicyclic) bond motifs is 5. The van der Waals surface area contributed by atoms with Crippen LogP contribution in [0.5, 0.6) is 0 Å². The van der Waals surface area contributed by atoms with Crippen LogP contribution in [0.2, 0.25) is 0 Å². The van der Waals surface area contributed by atoms with Crippen molar-refractivity contribution >= 4 is 43.5 Å². The standard InChI is InChI=1S/C50H32O/c1-3-12-33(13-4-1)35-22-24-36(25-23-35)37-26-28-38(29-27-37)48-40-16-7-9-18-42(40)49(43-19-10-8-17-41(43)48)44-20-11-21-47-50(44)45-32-39(30-31-46(45)51-47)34-14-5-2-6-15-34/h1-32H/i26D,27D,28D,29D. The minimum atomic E-state index is -0.0671. The van der Waals surface area contributed by atoms with Gasteiger partial charge in [-0.15, -0.1) is 0 Å². The molecule has 0 aliphatic rings. The van der Waals surface area contributed by atoms with E-state index in [2.05, 4.69) is 42.5 Å². The summed E-state index contributed by atoms with van der Waals surface area (Å²) in [6.07, 6.45) is 0. The van der Waals surface area contributed by atoms with Crippen LogP contribution in [0.1, 0.15) is 5.48 Å². The predicted molar refractivity (Wildman–Crippen MR) is 216 cm³/mol. The molecule has 0 fully saturated rings. The van der Waals surface area contributed by atoms with Crippen molar-refractivity contribution in [1.29, 1.82) is 0 Å². The first-order chi connectivity index (χ1) is 27.0. The van der Waals surface area contributed by atoms with E-state index in [1.165, 1.54) is 0 Å². The van der Waals surface area contributed by atoms with E-state index >= 15 is 0 Å². The molecule has 238 valence electrons. The van der Waals surface area contributed by atoms with Crippen molar-refractivity contribution in [1.82, 2.24) is 0 Å². The third-order valence-corrected chi connectivity index (χ3v) is 9.96. The molecule has 0 N–H and O–H groups in total. The van der Waals surface area contributed by atoms with Gasteiger partial charge in [0.15, 0.2) is 0 Å². The van der Waals surface area contributed by atoms with Crippen molar-refractivity contribution < 1.29 is 9.90 Å². The monoisotopic (exact) mass is 652 g/mol. The summed E-state index contributed by atoms with van der Waals surface area (Å²) in [7, 11) is 0. The van der Waals surface area contributed by atoms with Crippen LogP contribution in [0.15, 0.2) is 198 Å². The van der Waals surface area contributed by atoms with Crippen LogP contribution in [0.3, 0.4) is 0 Å². The van der Waals surface area contributed by atoms with E-state index in [0.717, 1.165) is 76.9 Å². The second-order valence-corrected chi connectivity index (χ2v) is 12.9. The van der Waals surface area contributed by atoms with Gasteiger partial charge >= 0.3 is 0 Å². The second kappa shape index (κ2) is 12.0. The van der Waals surface area contributed by atoms with E-state index in [1.807, 2.05) is 127 Å². The molecule has 0 unspecified atom stereocenters. The first-order valence-electron chi connectivity index (χ1n) is 19.2. The molecule has 1 aromatic heterocycles. The zero-order valence-corrected chi connectivity index (χ0v) is 27.6. The van der Waals surface area contributed by atoms with Crippen molar-refractivity contribution in [3.63, 3.8) is 0 Å². The van der Waals surface area contributed by atoms with Gasteiger partial charge < -0.3 is 4.42 Å². The van der Waals surface area contributed by atoms with Gasteiger partial charge in [0, 0.05) is 10.8 Å². The Morgan fingerprint density at radius 2 is 0.784 bits per heavy atom. The van der Waals surface area contributed by atoms with Gasteiger partial charge in [0.2, 0.25) is 0 Å². The average molecular weight is 653 g/mol. The van der Waals surface area contributed by atoms with Crippen LogP contribution in [0, 0.1) is 0 Å². The van der Waals surface area contributed by atoms with Crippen LogP contribution < -0.4 is 0 Å². The molecule has 0 saturated carbocycles. The zero-order chi connectivity index (χ0) is 37.2. The lowest BCUT2D eigenvalue weighted by atomic mass is 9.84. The summed E-state index contributed by atoms with van der Waals surface area (Å²) in [6.45, 7) is 0. The van der Waals surface area contributed by atoms with Crippen LogP contribution in [0.4, 0.5) is 0 Å². The molecule has 0 radical (unpaired) electrons. The highest BCUT2D eigenvalue weighted by Crippen LogP contribution is 2.47. The molecule has 0 aliphatic carbocycles. The van der Waals surface area contributed by atoms with Gasteiger partial charge in [0.25, 0.3) is 0 Å². The third kappa shape index (κ3) is 4.94. The molecular formula is C50H32O. The van der Waals surface area contributed by atoms with E-state index in [1.54, 1.807) is 0 Å². The van der Waals surface area contributed by atoms with Crippen LogP contribution in [0.25, 0.3) is 99.1 Å². The Kier molecular flexibility index (Phi) is 5.96. The molecule has 1 nitrogen and oxygen atoms in total. The summed E-state index contributed by atoms with van der Waals surface area (Å²) in [5.74, 6) is 0. The number of benzene rings is 9. The summed E-state index contributed by atoms with van der Waals surface area (Å²) < 4.78 is 44.0. The summed E-state index contributed by atoms with van der Waals surface area (Å²) in [5, 5.41) is 5.66. The van der Waals surface area contributed by atoms with E-state index in [4.69, 9.17) is 4.42 Å². The lowest BCUT2D eigenvalue weighted by Crippen LogP contribution is -1.91. The summed E-state index contributed by atoms with van der Waals surface area (Å²) in [6, 6.07) is 56.6. The van der Waals surface area contributed by atoms with E-state index in [9.17, 15) is 5.48 Å². The molecule has 10 aromatic rings. The number of hydrogen-bond acceptors (Lipinski definition) is 1. The topological polar surface area (TPSA) is 13.1 Å². The van der Waals surface area contributed by atoms with Crippen molar-refractivity contribution in [2.75, 3.05) is 0 Å². The maximum Gasteiger partial charge on any atom is 0.136 e. The first kappa shape index (κ1) is 25.3.